The Morgan fingerprint density at radius 3 is 3.16 bits per heavy atom. The van der Waals surface area contributed by atoms with E-state index in [1.807, 2.05) is 11.0 Å². The van der Waals surface area contributed by atoms with E-state index in [-0.39, 0.29) is 11.9 Å². The number of rotatable bonds is 3. The van der Waals surface area contributed by atoms with Gasteiger partial charge in [0.15, 0.2) is 0 Å². The van der Waals surface area contributed by atoms with Gasteiger partial charge in [0, 0.05) is 19.8 Å². The number of hydrogen-bond donors (Lipinski definition) is 2. The summed E-state index contributed by atoms with van der Waals surface area (Å²) in [6.07, 6.45) is 1.09. The van der Waals surface area contributed by atoms with Crippen LogP contribution in [0.3, 0.4) is 0 Å². The highest BCUT2D eigenvalue weighted by Crippen LogP contribution is 2.21. The molecule has 1 unspecified atom stereocenters. The van der Waals surface area contributed by atoms with E-state index < -0.39 is 6.10 Å². The third kappa shape index (κ3) is 3.02. The van der Waals surface area contributed by atoms with E-state index in [0.717, 1.165) is 5.56 Å². The van der Waals surface area contributed by atoms with Gasteiger partial charge in [-0.2, -0.15) is 0 Å². The highest BCUT2D eigenvalue weighted by atomic mass is 16.5. The zero-order chi connectivity index (χ0) is 13.8. The lowest BCUT2D eigenvalue weighted by Crippen LogP contribution is -2.53. The van der Waals surface area contributed by atoms with Gasteiger partial charge < -0.3 is 20.1 Å². The molecule has 0 bridgehead atoms. The van der Waals surface area contributed by atoms with Crippen molar-refractivity contribution in [3.05, 3.63) is 23.9 Å². The first-order chi connectivity index (χ1) is 9.13. The minimum atomic E-state index is -0.554. The van der Waals surface area contributed by atoms with Gasteiger partial charge in [0.2, 0.25) is 5.91 Å². The number of ether oxygens (including phenoxy) is 1. The van der Waals surface area contributed by atoms with Crippen LogP contribution in [0.4, 0.5) is 5.82 Å². The second-order valence-corrected chi connectivity index (χ2v) is 4.52. The van der Waals surface area contributed by atoms with Crippen LogP contribution in [0.1, 0.15) is 18.6 Å². The first kappa shape index (κ1) is 13.8. The van der Waals surface area contributed by atoms with Crippen molar-refractivity contribution in [3.63, 3.8) is 0 Å². The van der Waals surface area contributed by atoms with Crippen LogP contribution < -0.4 is 10.2 Å². The van der Waals surface area contributed by atoms with E-state index in [2.05, 4.69) is 10.3 Å². The summed E-state index contributed by atoms with van der Waals surface area (Å²) < 4.78 is 5.35. The smallest absolute Gasteiger partial charge is 0.244 e. The quantitative estimate of drug-likeness (QED) is 0.810. The van der Waals surface area contributed by atoms with Gasteiger partial charge in [-0.3, -0.25) is 4.79 Å². The zero-order valence-electron chi connectivity index (χ0n) is 11.2. The average molecular weight is 265 g/mol. The predicted molar refractivity (Wildman–Crippen MR) is 70.9 cm³/mol. The fourth-order valence-corrected chi connectivity index (χ4v) is 2.11. The second-order valence-electron chi connectivity index (χ2n) is 4.52. The molecule has 2 heterocycles. The third-order valence-electron chi connectivity index (χ3n) is 3.22. The van der Waals surface area contributed by atoms with Gasteiger partial charge in [0.1, 0.15) is 11.9 Å². The maximum absolute atomic E-state index is 11.9. The summed E-state index contributed by atoms with van der Waals surface area (Å²) in [4.78, 5) is 18.1. The highest BCUT2D eigenvalue weighted by molar-refractivity contribution is 5.85. The van der Waals surface area contributed by atoms with E-state index in [9.17, 15) is 9.90 Å². The Hall–Kier alpha value is -1.66. The van der Waals surface area contributed by atoms with E-state index in [1.54, 1.807) is 26.2 Å². The summed E-state index contributed by atoms with van der Waals surface area (Å²) >= 11 is 0. The Labute approximate surface area is 112 Å². The zero-order valence-corrected chi connectivity index (χ0v) is 11.2. The molecule has 1 aromatic rings. The number of carbonyl (C=O) groups is 1. The van der Waals surface area contributed by atoms with Crippen LogP contribution in [-0.2, 0) is 9.53 Å². The van der Waals surface area contributed by atoms with Crippen LogP contribution in [0.5, 0.6) is 0 Å². The summed E-state index contributed by atoms with van der Waals surface area (Å²) in [6, 6.07) is 3.20. The maximum Gasteiger partial charge on any atom is 0.244 e. The molecular weight excluding hydrogens is 246 g/mol. The monoisotopic (exact) mass is 265 g/mol. The minimum absolute atomic E-state index is 0.0936. The van der Waals surface area contributed by atoms with Gasteiger partial charge in [-0.25, -0.2) is 4.98 Å². The van der Waals surface area contributed by atoms with E-state index >= 15 is 0 Å². The van der Waals surface area contributed by atoms with E-state index in [4.69, 9.17) is 4.74 Å². The van der Waals surface area contributed by atoms with Crippen molar-refractivity contribution >= 4 is 11.7 Å². The number of aliphatic hydroxyl groups excluding tert-OH is 1. The number of nitrogens with zero attached hydrogens (tertiary/aromatic N) is 2. The molecule has 1 aliphatic heterocycles. The molecule has 0 saturated carbocycles. The van der Waals surface area contributed by atoms with E-state index in [1.165, 1.54) is 0 Å². The lowest BCUT2D eigenvalue weighted by Gasteiger charge is -2.35. The predicted octanol–water partition coefficient (Wildman–Crippen LogP) is 0.0861. The molecule has 6 nitrogen and oxygen atoms in total. The Bertz CT molecular complexity index is 451. The van der Waals surface area contributed by atoms with Crippen LogP contribution >= 0.6 is 0 Å². The molecule has 104 valence electrons. The van der Waals surface area contributed by atoms with Crippen LogP contribution in [0.25, 0.3) is 0 Å². The number of aliphatic hydroxyl groups is 1. The number of nitrogens with one attached hydrogen (secondary N) is 1. The van der Waals surface area contributed by atoms with Gasteiger partial charge in [-0.1, -0.05) is 0 Å². The molecule has 1 saturated heterocycles. The van der Waals surface area contributed by atoms with Gasteiger partial charge in [0.05, 0.1) is 19.3 Å². The molecule has 1 amide bonds. The molecule has 0 spiro atoms. The van der Waals surface area contributed by atoms with Crippen molar-refractivity contribution in [2.45, 2.75) is 19.1 Å². The minimum Gasteiger partial charge on any atom is -0.389 e. The summed E-state index contributed by atoms with van der Waals surface area (Å²) in [5.41, 5.74) is 0.784. The molecule has 2 rings (SSSR count). The first-order valence-corrected chi connectivity index (χ1v) is 6.33. The Morgan fingerprint density at radius 1 is 1.68 bits per heavy atom. The number of morpholine rings is 1. The first-order valence-electron chi connectivity index (χ1n) is 6.33. The molecule has 1 aliphatic rings. The number of hydrogen-bond acceptors (Lipinski definition) is 5. The average Bonchev–Trinajstić information content (AvgIpc) is 2.46. The van der Waals surface area contributed by atoms with Crippen molar-refractivity contribution < 1.29 is 14.6 Å². The van der Waals surface area contributed by atoms with Crippen molar-refractivity contribution in [2.75, 3.05) is 31.7 Å². The van der Waals surface area contributed by atoms with Crippen molar-refractivity contribution in [1.29, 1.82) is 0 Å². The summed E-state index contributed by atoms with van der Waals surface area (Å²) in [6.45, 7) is 3.22. The molecule has 0 aliphatic carbocycles. The number of pyridine rings is 1. The second kappa shape index (κ2) is 5.99. The number of anilines is 1. The summed E-state index contributed by atoms with van der Waals surface area (Å²) in [5, 5.41) is 12.3. The largest absolute Gasteiger partial charge is 0.389 e. The standard InChI is InChI=1S/C13H19N3O3/c1-9(17)10-3-4-15-12(7-10)16-5-6-19-8-11(16)13(18)14-2/h3-4,7,9,11,17H,5-6,8H2,1-2H3,(H,14,18)/t9-,11?/m1/s1. The lowest BCUT2D eigenvalue weighted by molar-refractivity contribution is -0.124. The van der Waals surface area contributed by atoms with Gasteiger partial charge in [-0.15, -0.1) is 0 Å². The molecular formula is C13H19N3O3. The topological polar surface area (TPSA) is 74.7 Å². The molecule has 0 aromatic carbocycles. The number of amides is 1. The van der Waals surface area contributed by atoms with Crippen LogP contribution in [-0.4, -0.2) is 48.8 Å². The molecule has 1 aromatic heterocycles. The van der Waals surface area contributed by atoms with Crippen molar-refractivity contribution in [3.8, 4) is 0 Å². The SMILES string of the molecule is CNC(=O)C1COCCN1c1cc([C@@H](C)O)ccn1. The normalized spacial score (nSPS) is 21.0. The van der Waals surface area contributed by atoms with Gasteiger partial charge in [-0.05, 0) is 24.6 Å². The van der Waals surface area contributed by atoms with Crippen LogP contribution in [0.2, 0.25) is 0 Å². The van der Waals surface area contributed by atoms with Crippen LogP contribution in [0, 0.1) is 0 Å². The maximum atomic E-state index is 11.9. The summed E-state index contributed by atoms with van der Waals surface area (Å²) in [5.74, 6) is 0.597. The van der Waals surface area contributed by atoms with Gasteiger partial charge >= 0.3 is 0 Å². The Kier molecular flexibility index (Phi) is 4.34. The molecule has 2 atom stereocenters. The molecule has 0 radical (unpaired) electrons. The van der Waals surface area contributed by atoms with E-state index in [0.29, 0.717) is 25.6 Å². The fourth-order valence-electron chi connectivity index (χ4n) is 2.11. The molecule has 1 fully saturated rings. The summed E-state index contributed by atoms with van der Waals surface area (Å²) in [7, 11) is 1.61. The third-order valence-corrected chi connectivity index (χ3v) is 3.22. The fraction of sp³-hybridized carbons (Fsp3) is 0.538. The molecule has 2 N–H and O–H groups in total. The molecule has 19 heavy (non-hydrogen) atoms. The number of likely N-dealkylation sites (N-methyl/N-ethyl adjacent to an activating group) is 1. The Balaban J connectivity index is 2.26. The molecule has 6 heteroatoms. The van der Waals surface area contributed by atoms with Crippen molar-refractivity contribution in [2.24, 2.45) is 0 Å². The van der Waals surface area contributed by atoms with Crippen LogP contribution in [0.15, 0.2) is 18.3 Å². The highest BCUT2D eigenvalue weighted by Gasteiger charge is 2.29. The van der Waals surface area contributed by atoms with Gasteiger partial charge in [0.25, 0.3) is 0 Å². The number of carbonyl (C=O) groups excluding carboxylic acids is 1. The number of aromatic nitrogens is 1. The Morgan fingerprint density at radius 2 is 2.47 bits per heavy atom. The van der Waals surface area contributed by atoms with Crippen molar-refractivity contribution in [1.82, 2.24) is 10.3 Å². The lowest BCUT2D eigenvalue weighted by atomic mass is 10.1.